The SMILES string of the molecule is CC1(C)OC(c2ccncc2)=C(c2ccc(OCc3cn4cc(C#N)ccc4n3)cc2)C1=O. The molecule has 5 rings (SSSR count). The smallest absolute Gasteiger partial charge is 0.210 e. The molecule has 0 spiro atoms. The molecule has 0 atom stereocenters. The number of benzene rings is 1. The Morgan fingerprint density at radius 2 is 1.79 bits per heavy atom. The van der Waals surface area contributed by atoms with Crippen LogP contribution in [0, 0.1) is 11.3 Å². The maximum Gasteiger partial charge on any atom is 0.210 e. The van der Waals surface area contributed by atoms with Gasteiger partial charge in [-0.3, -0.25) is 9.78 Å². The predicted molar refractivity (Wildman–Crippen MR) is 122 cm³/mol. The number of nitriles is 1. The van der Waals surface area contributed by atoms with Crippen LogP contribution in [0.3, 0.4) is 0 Å². The van der Waals surface area contributed by atoms with E-state index in [2.05, 4.69) is 16.0 Å². The number of nitrogens with zero attached hydrogens (tertiary/aromatic N) is 4. The van der Waals surface area contributed by atoms with Gasteiger partial charge in [0.05, 0.1) is 16.8 Å². The average Bonchev–Trinajstić information content (AvgIpc) is 3.35. The number of fused-ring (bicyclic) bond motifs is 1. The van der Waals surface area contributed by atoms with Crippen molar-refractivity contribution in [1.82, 2.24) is 14.4 Å². The van der Waals surface area contributed by atoms with Gasteiger partial charge >= 0.3 is 0 Å². The van der Waals surface area contributed by atoms with Crippen LogP contribution in [-0.4, -0.2) is 25.8 Å². The van der Waals surface area contributed by atoms with Crippen LogP contribution in [0.5, 0.6) is 5.75 Å². The summed E-state index contributed by atoms with van der Waals surface area (Å²) in [6, 6.07) is 16.7. The van der Waals surface area contributed by atoms with Gasteiger partial charge in [0.2, 0.25) is 5.78 Å². The highest BCUT2D eigenvalue weighted by molar-refractivity contribution is 6.32. The number of pyridine rings is 2. The van der Waals surface area contributed by atoms with Crippen molar-refractivity contribution >= 4 is 22.8 Å². The zero-order chi connectivity index (χ0) is 23.0. The van der Waals surface area contributed by atoms with Crippen molar-refractivity contribution in [1.29, 1.82) is 5.26 Å². The molecule has 33 heavy (non-hydrogen) atoms. The van der Waals surface area contributed by atoms with Gasteiger partial charge in [-0.2, -0.15) is 5.26 Å². The molecule has 1 aliphatic heterocycles. The number of aromatic nitrogens is 3. The maximum absolute atomic E-state index is 13.1. The number of carbonyl (C=O) groups is 1. The summed E-state index contributed by atoms with van der Waals surface area (Å²) in [6.45, 7) is 3.83. The normalized spacial score (nSPS) is 14.9. The Labute approximate surface area is 190 Å². The summed E-state index contributed by atoms with van der Waals surface area (Å²) < 4.78 is 13.7. The Bertz CT molecular complexity index is 1430. The molecule has 0 N–H and O–H groups in total. The highest BCUT2D eigenvalue weighted by Gasteiger charge is 2.42. The topological polar surface area (TPSA) is 89.5 Å². The molecule has 0 aliphatic carbocycles. The fraction of sp³-hybridized carbons (Fsp3) is 0.154. The van der Waals surface area contributed by atoms with Gasteiger partial charge in [-0.1, -0.05) is 12.1 Å². The summed E-state index contributed by atoms with van der Waals surface area (Å²) in [5, 5.41) is 9.04. The van der Waals surface area contributed by atoms with Gasteiger partial charge in [-0.15, -0.1) is 0 Å². The van der Waals surface area contributed by atoms with Crippen LogP contribution in [0.4, 0.5) is 0 Å². The van der Waals surface area contributed by atoms with Gasteiger partial charge in [0.1, 0.15) is 29.8 Å². The average molecular weight is 436 g/mol. The van der Waals surface area contributed by atoms with Crippen LogP contribution in [0.25, 0.3) is 17.0 Å². The second kappa shape index (κ2) is 7.92. The molecule has 1 aliphatic rings. The van der Waals surface area contributed by atoms with Crippen LogP contribution in [0.15, 0.2) is 73.3 Å². The van der Waals surface area contributed by atoms with Crippen LogP contribution in [0.1, 0.15) is 36.2 Å². The Kier molecular flexibility index (Phi) is 4.91. The van der Waals surface area contributed by atoms with Crippen molar-refractivity contribution in [2.75, 3.05) is 0 Å². The molecule has 0 fully saturated rings. The van der Waals surface area contributed by atoms with Crippen LogP contribution < -0.4 is 4.74 Å². The van der Waals surface area contributed by atoms with E-state index in [-0.39, 0.29) is 12.4 Å². The quantitative estimate of drug-likeness (QED) is 0.460. The first-order valence-corrected chi connectivity index (χ1v) is 10.4. The third-order valence-corrected chi connectivity index (χ3v) is 5.46. The Morgan fingerprint density at radius 1 is 1.03 bits per heavy atom. The molecule has 0 saturated heterocycles. The van der Waals surface area contributed by atoms with E-state index in [1.54, 1.807) is 49.0 Å². The zero-order valence-corrected chi connectivity index (χ0v) is 18.1. The number of ether oxygens (including phenoxy) is 2. The van der Waals surface area contributed by atoms with Gasteiger partial charge < -0.3 is 13.9 Å². The minimum atomic E-state index is -0.933. The first-order valence-electron chi connectivity index (χ1n) is 10.4. The van der Waals surface area contributed by atoms with E-state index < -0.39 is 5.60 Å². The van der Waals surface area contributed by atoms with Crippen molar-refractivity contribution in [3.05, 3.63) is 95.7 Å². The fourth-order valence-corrected chi connectivity index (χ4v) is 3.78. The van der Waals surface area contributed by atoms with E-state index in [0.717, 1.165) is 22.5 Å². The van der Waals surface area contributed by atoms with Crippen molar-refractivity contribution in [3.8, 4) is 11.8 Å². The zero-order valence-electron chi connectivity index (χ0n) is 18.1. The third kappa shape index (κ3) is 3.83. The largest absolute Gasteiger partial charge is 0.487 e. The molecule has 4 heterocycles. The van der Waals surface area contributed by atoms with Gasteiger partial charge in [0, 0.05) is 30.4 Å². The molecule has 0 amide bonds. The molecule has 7 heteroatoms. The molecule has 0 radical (unpaired) electrons. The molecule has 7 nitrogen and oxygen atoms in total. The van der Waals surface area contributed by atoms with Crippen LogP contribution in [-0.2, 0) is 16.1 Å². The molecule has 1 aromatic carbocycles. The summed E-state index contributed by atoms with van der Waals surface area (Å²) in [5.41, 5.74) is 3.26. The Balaban J connectivity index is 1.38. The van der Waals surface area contributed by atoms with Gasteiger partial charge in [0.25, 0.3) is 0 Å². The number of hydrogen-bond acceptors (Lipinski definition) is 6. The van der Waals surface area contributed by atoms with Crippen molar-refractivity contribution in [2.45, 2.75) is 26.1 Å². The molecular formula is C26H20N4O3. The summed E-state index contributed by atoms with van der Waals surface area (Å²) in [7, 11) is 0. The monoisotopic (exact) mass is 436 g/mol. The highest BCUT2D eigenvalue weighted by atomic mass is 16.5. The molecule has 0 unspecified atom stereocenters. The van der Waals surface area contributed by atoms with E-state index in [1.165, 1.54) is 0 Å². The van der Waals surface area contributed by atoms with E-state index in [0.29, 0.717) is 22.6 Å². The second-order valence-electron chi connectivity index (χ2n) is 8.22. The predicted octanol–water partition coefficient (Wildman–Crippen LogP) is 4.43. The minimum absolute atomic E-state index is 0.0654. The second-order valence-corrected chi connectivity index (χ2v) is 8.22. The summed E-state index contributed by atoms with van der Waals surface area (Å²) in [5.74, 6) is 1.15. The number of hydrogen-bond donors (Lipinski definition) is 0. The number of Topliss-reactive ketones (excluding diaryl/α,β-unsaturated/α-hetero) is 1. The minimum Gasteiger partial charge on any atom is -0.487 e. The van der Waals surface area contributed by atoms with E-state index in [1.807, 2.05) is 42.6 Å². The number of rotatable bonds is 5. The lowest BCUT2D eigenvalue weighted by Crippen LogP contribution is -2.29. The Hall–Kier alpha value is -4.44. The Morgan fingerprint density at radius 3 is 2.52 bits per heavy atom. The number of carbonyl (C=O) groups excluding carboxylic acids is 1. The van der Waals surface area contributed by atoms with Crippen molar-refractivity contribution < 1.29 is 14.3 Å². The van der Waals surface area contributed by atoms with Crippen molar-refractivity contribution in [3.63, 3.8) is 0 Å². The lowest BCUT2D eigenvalue weighted by Gasteiger charge is -2.17. The lowest BCUT2D eigenvalue weighted by molar-refractivity contribution is -0.125. The number of imidazole rings is 1. The molecule has 0 saturated carbocycles. The third-order valence-electron chi connectivity index (χ3n) is 5.46. The first kappa shape index (κ1) is 20.5. The van der Waals surface area contributed by atoms with Gasteiger partial charge in [0.15, 0.2) is 5.60 Å². The summed E-state index contributed by atoms with van der Waals surface area (Å²) in [4.78, 5) is 21.6. The van der Waals surface area contributed by atoms with Crippen molar-refractivity contribution in [2.24, 2.45) is 0 Å². The van der Waals surface area contributed by atoms with Gasteiger partial charge in [-0.25, -0.2) is 4.98 Å². The molecule has 0 bridgehead atoms. The summed E-state index contributed by atoms with van der Waals surface area (Å²) >= 11 is 0. The van der Waals surface area contributed by atoms with Crippen LogP contribution >= 0.6 is 0 Å². The summed E-state index contributed by atoms with van der Waals surface area (Å²) in [6.07, 6.45) is 6.93. The fourth-order valence-electron chi connectivity index (χ4n) is 3.78. The molecule has 162 valence electrons. The van der Waals surface area contributed by atoms with E-state index in [4.69, 9.17) is 14.7 Å². The van der Waals surface area contributed by atoms with E-state index >= 15 is 0 Å². The maximum atomic E-state index is 13.1. The van der Waals surface area contributed by atoms with E-state index in [9.17, 15) is 4.79 Å². The number of ketones is 1. The molecular weight excluding hydrogens is 416 g/mol. The standard InChI is InChI=1S/C26H20N4O3/c1-26(2)25(31)23(24(33-26)19-9-11-28-12-10-19)18-4-6-21(7-5-18)32-16-20-15-30-14-17(13-27)3-8-22(30)29-20/h3-12,14-15H,16H2,1-2H3. The highest BCUT2D eigenvalue weighted by Crippen LogP contribution is 2.41. The van der Waals surface area contributed by atoms with Gasteiger partial charge in [-0.05, 0) is 55.8 Å². The van der Waals surface area contributed by atoms with Crippen LogP contribution in [0.2, 0.25) is 0 Å². The molecule has 4 aromatic rings. The lowest BCUT2D eigenvalue weighted by atomic mass is 9.93. The first-order chi connectivity index (χ1) is 15.9. The molecule has 3 aromatic heterocycles.